The van der Waals surface area contributed by atoms with Crippen LogP contribution in [0.5, 0.6) is 0 Å². The summed E-state index contributed by atoms with van der Waals surface area (Å²) in [5.41, 5.74) is 2.23. The van der Waals surface area contributed by atoms with Crippen LogP contribution in [0.25, 0.3) is 5.65 Å². The molecule has 0 bridgehead atoms. The zero-order chi connectivity index (χ0) is 15.4. The van der Waals surface area contributed by atoms with Gasteiger partial charge in [-0.1, -0.05) is 19.9 Å². The summed E-state index contributed by atoms with van der Waals surface area (Å²) < 4.78 is 2.18. The monoisotopic (exact) mass is 289 g/mol. The molecule has 2 heterocycles. The van der Waals surface area contributed by atoms with E-state index in [1.165, 1.54) is 5.69 Å². The van der Waals surface area contributed by atoms with Crippen LogP contribution in [0.15, 0.2) is 24.4 Å². The van der Waals surface area contributed by atoms with E-state index in [4.69, 9.17) is 4.98 Å². The van der Waals surface area contributed by atoms with Crippen molar-refractivity contribution < 1.29 is 0 Å². The molecule has 0 atom stereocenters. The Bertz CT molecular complexity index is 573. The van der Waals surface area contributed by atoms with Gasteiger partial charge in [-0.3, -0.25) is 0 Å². The van der Waals surface area contributed by atoms with Crippen LogP contribution < -0.4 is 10.2 Å². The third-order valence-electron chi connectivity index (χ3n) is 3.53. The molecule has 0 saturated carbocycles. The summed E-state index contributed by atoms with van der Waals surface area (Å²) in [7, 11) is 6.31. The van der Waals surface area contributed by atoms with E-state index >= 15 is 0 Å². The van der Waals surface area contributed by atoms with Crippen molar-refractivity contribution in [1.82, 2.24) is 19.6 Å². The Morgan fingerprint density at radius 2 is 1.95 bits per heavy atom. The van der Waals surface area contributed by atoms with Gasteiger partial charge in [-0.05, 0) is 26.2 Å². The highest BCUT2D eigenvalue weighted by atomic mass is 15.2. The minimum Gasteiger partial charge on any atom is -0.357 e. The number of imidazole rings is 1. The van der Waals surface area contributed by atoms with Crippen LogP contribution in [0.3, 0.4) is 0 Å². The maximum absolute atomic E-state index is 4.80. The molecular weight excluding hydrogens is 262 g/mol. The number of hydrogen-bond donors (Lipinski definition) is 1. The van der Waals surface area contributed by atoms with Crippen molar-refractivity contribution in [2.75, 3.05) is 39.1 Å². The summed E-state index contributed by atoms with van der Waals surface area (Å²) in [4.78, 5) is 9.23. The number of fused-ring (bicyclic) bond motifs is 1. The Hall–Kier alpha value is -1.59. The van der Waals surface area contributed by atoms with Crippen molar-refractivity contribution in [2.24, 2.45) is 0 Å². The number of nitrogens with zero attached hydrogens (tertiary/aromatic N) is 4. The van der Waals surface area contributed by atoms with Crippen LogP contribution in [0.2, 0.25) is 0 Å². The third-order valence-corrected chi connectivity index (χ3v) is 3.53. The topological polar surface area (TPSA) is 35.8 Å². The molecule has 1 N–H and O–H groups in total. The molecule has 0 fully saturated rings. The van der Waals surface area contributed by atoms with Gasteiger partial charge >= 0.3 is 0 Å². The number of likely N-dealkylation sites (N-methyl/N-ethyl adjacent to an activating group) is 2. The summed E-state index contributed by atoms with van der Waals surface area (Å²) in [6.07, 6.45) is 2.09. The predicted octanol–water partition coefficient (Wildman–Crippen LogP) is 1.83. The zero-order valence-electron chi connectivity index (χ0n) is 13.8. The molecule has 2 aromatic rings. The van der Waals surface area contributed by atoms with Gasteiger partial charge in [0, 0.05) is 38.9 Å². The molecule has 5 nitrogen and oxygen atoms in total. The normalized spacial score (nSPS) is 11.8. The lowest BCUT2D eigenvalue weighted by Gasteiger charge is -2.21. The number of aromatic nitrogens is 2. The van der Waals surface area contributed by atoms with E-state index in [2.05, 4.69) is 72.8 Å². The first-order valence-electron chi connectivity index (χ1n) is 7.54. The minimum atomic E-state index is 0.458. The molecule has 2 aromatic heterocycles. The van der Waals surface area contributed by atoms with Gasteiger partial charge in [-0.25, -0.2) is 4.98 Å². The van der Waals surface area contributed by atoms with Gasteiger partial charge in [-0.15, -0.1) is 0 Å². The van der Waals surface area contributed by atoms with Gasteiger partial charge in [0.2, 0.25) is 0 Å². The molecule has 0 aromatic carbocycles. The van der Waals surface area contributed by atoms with Crippen LogP contribution >= 0.6 is 0 Å². The van der Waals surface area contributed by atoms with E-state index in [-0.39, 0.29) is 0 Å². The molecule has 5 heteroatoms. The van der Waals surface area contributed by atoms with E-state index in [0.29, 0.717) is 6.04 Å². The molecule has 2 rings (SSSR count). The average molecular weight is 289 g/mol. The lowest BCUT2D eigenvalue weighted by Crippen LogP contribution is -2.30. The van der Waals surface area contributed by atoms with Crippen molar-refractivity contribution in [1.29, 1.82) is 0 Å². The average Bonchev–Trinajstić information content (AvgIpc) is 2.81. The highest BCUT2D eigenvalue weighted by Gasteiger charge is 2.15. The van der Waals surface area contributed by atoms with Gasteiger partial charge in [0.15, 0.2) is 5.82 Å². The van der Waals surface area contributed by atoms with E-state index in [1.54, 1.807) is 0 Å². The van der Waals surface area contributed by atoms with Gasteiger partial charge in [0.1, 0.15) is 5.65 Å². The van der Waals surface area contributed by atoms with Gasteiger partial charge in [0.05, 0.1) is 5.69 Å². The second-order valence-electron chi connectivity index (χ2n) is 6.07. The first-order valence-corrected chi connectivity index (χ1v) is 7.54. The summed E-state index contributed by atoms with van der Waals surface area (Å²) >= 11 is 0. The van der Waals surface area contributed by atoms with Crippen LogP contribution in [0, 0.1) is 0 Å². The molecule has 0 aliphatic carbocycles. The molecule has 0 aliphatic rings. The zero-order valence-corrected chi connectivity index (χ0v) is 13.8. The van der Waals surface area contributed by atoms with Crippen molar-refractivity contribution in [2.45, 2.75) is 26.4 Å². The maximum atomic E-state index is 4.80. The molecule has 0 amide bonds. The van der Waals surface area contributed by atoms with Crippen molar-refractivity contribution in [3.8, 4) is 0 Å². The summed E-state index contributed by atoms with van der Waals surface area (Å²) in [5.74, 6) is 1.07. The predicted molar refractivity (Wildman–Crippen MR) is 89.0 cm³/mol. The minimum absolute atomic E-state index is 0.458. The van der Waals surface area contributed by atoms with Crippen LogP contribution in [-0.4, -0.2) is 54.6 Å². The summed E-state index contributed by atoms with van der Waals surface area (Å²) in [5, 5.41) is 3.50. The van der Waals surface area contributed by atoms with Crippen LogP contribution in [0.4, 0.5) is 5.82 Å². The van der Waals surface area contributed by atoms with E-state index < -0.39 is 0 Å². The van der Waals surface area contributed by atoms with Gasteiger partial charge in [0.25, 0.3) is 0 Å². The Morgan fingerprint density at radius 1 is 1.19 bits per heavy atom. The molecule has 21 heavy (non-hydrogen) atoms. The summed E-state index contributed by atoms with van der Waals surface area (Å²) in [6, 6.07) is 6.60. The quantitative estimate of drug-likeness (QED) is 0.843. The second kappa shape index (κ2) is 6.91. The second-order valence-corrected chi connectivity index (χ2v) is 6.07. The Balaban J connectivity index is 2.29. The van der Waals surface area contributed by atoms with Crippen LogP contribution in [0.1, 0.15) is 19.5 Å². The number of hydrogen-bond acceptors (Lipinski definition) is 4. The highest BCUT2D eigenvalue weighted by molar-refractivity contribution is 5.55. The Labute approximate surface area is 127 Å². The maximum Gasteiger partial charge on any atom is 0.152 e. The molecule has 0 aliphatic heterocycles. The standard InChI is InChI=1S/C16H27N5/c1-13(2)17-12-14-16(20(5)11-10-19(3)4)18-15-8-6-7-9-21(14)15/h6-9,13,17H,10-12H2,1-5H3. The molecule has 0 unspecified atom stereocenters. The lowest BCUT2D eigenvalue weighted by molar-refractivity contribution is 0.416. The van der Waals surface area contributed by atoms with Gasteiger partial charge in [-0.2, -0.15) is 0 Å². The van der Waals surface area contributed by atoms with Crippen molar-refractivity contribution in [3.05, 3.63) is 30.1 Å². The van der Waals surface area contributed by atoms with Crippen molar-refractivity contribution in [3.63, 3.8) is 0 Å². The fourth-order valence-corrected chi connectivity index (χ4v) is 2.26. The SMILES string of the molecule is CC(C)NCc1c(N(C)CCN(C)C)nc2ccccn12. The van der Waals surface area contributed by atoms with E-state index in [1.807, 2.05) is 6.07 Å². The number of anilines is 1. The molecule has 0 radical (unpaired) electrons. The van der Waals surface area contributed by atoms with Crippen molar-refractivity contribution >= 4 is 11.5 Å². The number of nitrogens with one attached hydrogen (secondary N) is 1. The lowest BCUT2D eigenvalue weighted by atomic mass is 10.3. The first-order chi connectivity index (χ1) is 9.99. The molecular formula is C16H27N5. The largest absolute Gasteiger partial charge is 0.357 e. The smallest absolute Gasteiger partial charge is 0.152 e. The number of rotatable bonds is 7. The summed E-state index contributed by atoms with van der Waals surface area (Å²) in [6.45, 7) is 7.13. The molecule has 0 saturated heterocycles. The molecule has 0 spiro atoms. The number of pyridine rings is 1. The Morgan fingerprint density at radius 3 is 2.62 bits per heavy atom. The Kier molecular flexibility index (Phi) is 5.20. The van der Waals surface area contributed by atoms with E-state index in [9.17, 15) is 0 Å². The highest BCUT2D eigenvalue weighted by Crippen LogP contribution is 2.20. The van der Waals surface area contributed by atoms with Gasteiger partial charge < -0.3 is 19.5 Å². The van der Waals surface area contributed by atoms with E-state index in [0.717, 1.165) is 31.1 Å². The fourth-order valence-electron chi connectivity index (χ4n) is 2.26. The fraction of sp³-hybridized carbons (Fsp3) is 0.562. The molecule has 116 valence electrons. The first kappa shape index (κ1) is 15.8. The third kappa shape index (κ3) is 3.95. The van der Waals surface area contributed by atoms with Crippen LogP contribution in [-0.2, 0) is 6.54 Å².